The van der Waals surface area contributed by atoms with E-state index in [0.717, 1.165) is 5.69 Å². The van der Waals surface area contributed by atoms with E-state index in [4.69, 9.17) is 0 Å². The zero-order chi connectivity index (χ0) is 16.9. The Hall–Kier alpha value is -2.92. The summed E-state index contributed by atoms with van der Waals surface area (Å²) in [4.78, 5) is 27.0. The molecule has 8 heteroatoms. The lowest BCUT2D eigenvalue weighted by molar-refractivity contribution is -0.131. The number of β-amino-alcohol motifs (C(OH)–C–C–N with tert-alkyl or cyclic N) is 1. The Labute approximate surface area is 139 Å². The fourth-order valence-corrected chi connectivity index (χ4v) is 2.80. The molecule has 2 aromatic heterocycles. The van der Waals surface area contributed by atoms with Crippen molar-refractivity contribution in [2.45, 2.75) is 12.5 Å². The van der Waals surface area contributed by atoms with Crippen molar-refractivity contribution in [3.05, 3.63) is 42.1 Å². The largest absolute Gasteiger partial charge is 0.389 e. The standard InChI is InChI=1S/C16H18N6O2/c17-7-12-2-1-3-19-16(12)22-5-4-21(9-14(23)10-22)15(24)6-13-8-18-11-20-13/h1-3,8,11,14,23H,4-6,9-10H2,(H,18,20)/t14-/m0/s1. The molecule has 0 unspecified atom stereocenters. The molecule has 2 aromatic rings. The van der Waals surface area contributed by atoms with Crippen LogP contribution in [0.1, 0.15) is 11.3 Å². The molecule has 3 rings (SSSR count). The Morgan fingerprint density at radius 1 is 1.46 bits per heavy atom. The number of pyridine rings is 1. The highest BCUT2D eigenvalue weighted by molar-refractivity contribution is 5.78. The van der Waals surface area contributed by atoms with Gasteiger partial charge in [-0.15, -0.1) is 0 Å². The molecule has 8 nitrogen and oxygen atoms in total. The topological polar surface area (TPSA) is 109 Å². The van der Waals surface area contributed by atoms with E-state index in [0.29, 0.717) is 31.0 Å². The van der Waals surface area contributed by atoms with E-state index in [-0.39, 0.29) is 18.9 Å². The van der Waals surface area contributed by atoms with Crippen LogP contribution in [0.2, 0.25) is 0 Å². The molecule has 1 aliphatic rings. The van der Waals surface area contributed by atoms with E-state index in [2.05, 4.69) is 21.0 Å². The molecule has 24 heavy (non-hydrogen) atoms. The summed E-state index contributed by atoms with van der Waals surface area (Å²) >= 11 is 0. The number of nitrogens with zero attached hydrogens (tertiary/aromatic N) is 5. The molecule has 0 radical (unpaired) electrons. The molecular weight excluding hydrogens is 308 g/mol. The first kappa shape index (κ1) is 16.0. The van der Waals surface area contributed by atoms with Gasteiger partial charge < -0.3 is 19.9 Å². The Bertz CT molecular complexity index is 739. The minimum Gasteiger partial charge on any atom is -0.389 e. The van der Waals surface area contributed by atoms with Crippen LogP contribution in [0.15, 0.2) is 30.9 Å². The highest BCUT2D eigenvalue weighted by atomic mass is 16.3. The van der Waals surface area contributed by atoms with Gasteiger partial charge >= 0.3 is 0 Å². The lowest BCUT2D eigenvalue weighted by Gasteiger charge is -2.23. The van der Waals surface area contributed by atoms with Crippen LogP contribution in [-0.4, -0.2) is 63.1 Å². The van der Waals surface area contributed by atoms with E-state index in [1.54, 1.807) is 29.4 Å². The van der Waals surface area contributed by atoms with Gasteiger partial charge in [0.05, 0.1) is 24.4 Å². The maximum Gasteiger partial charge on any atom is 0.228 e. The van der Waals surface area contributed by atoms with Crippen LogP contribution in [0.4, 0.5) is 5.82 Å². The maximum atomic E-state index is 12.4. The van der Waals surface area contributed by atoms with Crippen LogP contribution in [0, 0.1) is 11.3 Å². The summed E-state index contributed by atoms with van der Waals surface area (Å²) in [7, 11) is 0. The molecule has 1 aliphatic heterocycles. The van der Waals surface area contributed by atoms with Crippen LogP contribution < -0.4 is 4.90 Å². The van der Waals surface area contributed by atoms with Crippen molar-refractivity contribution in [3.8, 4) is 6.07 Å². The van der Waals surface area contributed by atoms with E-state index in [1.165, 1.54) is 6.33 Å². The smallest absolute Gasteiger partial charge is 0.228 e. The highest BCUT2D eigenvalue weighted by Gasteiger charge is 2.26. The third-order valence-electron chi connectivity index (χ3n) is 3.96. The summed E-state index contributed by atoms with van der Waals surface area (Å²) < 4.78 is 0. The average molecular weight is 326 g/mol. The van der Waals surface area contributed by atoms with Crippen molar-refractivity contribution in [2.75, 3.05) is 31.1 Å². The van der Waals surface area contributed by atoms with E-state index in [1.807, 2.05) is 4.90 Å². The van der Waals surface area contributed by atoms with Gasteiger partial charge in [0.1, 0.15) is 11.9 Å². The first-order chi connectivity index (χ1) is 11.7. The van der Waals surface area contributed by atoms with Gasteiger partial charge in [-0.1, -0.05) is 0 Å². The molecule has 1 atom stereocenters. The van der Waals surface area contributed by atoms with Crippen molar-refractivity contribution in [2.24, 2.45) is 0 Å². The number of amides is 1. The molecule has 0 aliphatic carbocycles. The number of aromatic nitrogens is 3. The molecule has 1 amide bonds. The molecule has 0 aromatic carbocycles. The average Bonchev–Trinajstić information content (AvgIpc) is 3.01. The predicted molar refractivity (Wildman–Crippen MR) is 86.0 cm³/mol. The van der Waals surface area contributed by atoms with Gasteiger partial charge in [0.15, 0.2) is 0 Å². The lowest BCUT2D eigenvalue weighted by Crippen LogP contribution is -2.38. The predicted octanol–water partition coefficient (Wildman–Crippen LogP) is -0.0714. The quantitative estimate of drug-likeness (QED) is 0.817. The maximum absolute atomic E-state index is 12.4. The third kappa shape index (κ3) is 3.52. The van der Waals surface area contributed by atoms with Crippen LogP contribution >= 0.6 is 0 Å². The Morgan fingerprint density at radius 2 is 2.33 bits per heavy atom. The number of hydrogen-bond acceptors (Lipinski definition) is 6. The zero-order valence-corrected chi connectivity index (χ0v) is 13.1. The van der Waals surface area contributed by atoms with Crippen LogP contribution in [0.25, 0.3) is 0 Å². The molecule has 2 N–H and O–H groups in total. The van der Waals surface area contributed by atoms with Gasteiger partial charge in [-0.2, -0.15) is 5.26 Å². The number of carbonyl (C=O) groups excluding carboxylic acids is 1. The minimum atomic E-state index is -0.702. The van der Waals surface area contributed by atoms with Crippen LogP contribution in [-0.2, 0) is 11.2 Å². The molecule has 0 bridgehead atoms. The number of aliphatic hydroxyl groups is 1. The molecule has 1 saturated heterocycles. The van der Waals surface area contributed by atoms with Crippen molar-refractivity contribution in [1.29, 1.82) is 5.26 Å². The number of nitriles is 1. The van der Waals surface area contributed by atoms with Gasteiger partial charge in [0, 0.05) is 44.3 Å². The summed E-state index contributed by atoms with van der Waals surface area (Å²) in [6, 6.07) is 5.51. The lowest BCUT2D eigenvalue weighted by atomic mass is 10.2. The number of rotatable bonds is 3. The molecule has 0 spiro atoms. The third-order valence-corrected chi connectivity index (χ3v) is 3.96. The zero-order valence-electron chi connectivity index (χ0n) is 13.1. The number of imidazole rings is 1. The van der Waals surface area contributed by atoms with E-state index < -0.39 is 6.10 Å². The van der Waals surface area contributed by atoms with Crippen LogP contribution in [0.3, 0.4) is 0 Å². The fraction of sp³-hybridized carbons (Fsp3) is 0.375. The number of hydrogen-bond donors (Lipinski definition) is 2. The van der Waals surface area contributed by atoms with Gasteiger partial charge in [-0.05, 0) is 12.1 Å². The molecule has 3 heterocycles. The number of aromatic amines is 1. The molecule has 124 valence electrons. The fourth-order valence-electron chi connectivity index (χ4n) is 2.80. The second kappa shape index (κ2) is 7.10. The van der Waals surface area contributed by atoms with Crippen molar-refractivity contribution < 1.29 is 9.90 Å². The van der Waals surface area contributed by atoms with Gasteiger partial charge in [-0.25, -0.2) is 9.97 Å². The normalized spacial score (nSPS) is 18.1. The first-order valence-electron chi connectivity index (χ1n) is 7.70. The highest BCUT2D eigenvalue weighted by Crippen LogP contribution is 2.18. The molecule has 0 saturated carbocycles. The number of nitrogens with one attached hydrogen (secondary N) is 1. The monoisotopic (exact) mass is 326 g/mol. The van der Waals surface area contributed by atoms with Gasteiger partial charge in [-0.3, -0.25) is 4.79 Å². The minimum absolute atomic E-state index is 0.0679. The Morgan fingerprint density at radius 3 is 3.08 bits per heavy atom. The molecular formula is C16H18N6O2. The molecule has 1 fully saturated rings. The van der Waals surface area contributed by atoms with Crippen molar-refractivity contribution in [3.63, 3.8) is 0 Å². The summed E-state index contributed by atoms with van der Waals surface area (Å²) in [5.41, 5.74) is 1.20. The van der Waals surface area contributed by atoms with Gasteiger partial charge in [0.25, 0.3) is 0 Å². The van der Waals surface area contributed by atoms with Crippen molar-refractivity contribution in [1.82, 2.24) is 19.9 Å². The van der Waals surface area contributed by atoms with E-state index >= 15 is 0 Å². The van der Waals surface area contributed by atoms with Crippen LogP contribution in [0.5, 0.6) is 0 Å². The van der Waals surface area contributed by atoms with E-state index in [9.17, 15) is 15.2 Å². The summed E-state index contributed by atoms with van der Waals surface area (Å²) in [5.74, 6) is 0.476. The first-order valence-corrected chi connectivity index (χ1v) is 7.70. The second-order valence-corrected chi connectivity index (χ2v) is 5.68. The summed E-state index contributed by atoms with van der Waals surface area (Å²) in [6.45, 7) is 1.57. The SMILES string of the molecule is N#Cc1cccnc1N1CCN(C(=O)Cc2cnc[nH]2)C[C@H](O)C1. The summed E-state index contributed by atoms with van der Waals surface area (Å²) in [5, 5.41) is 19.5. The Kier molecular flexibility index (Phi) is 4.72. The number of H-pyrrole nitrogens is 1. The van der Waals surface area contributed by atoms with Crippen molar-refractivity contribution >= 4 is 11.7 Å². The number of aliphatic hydroxyl groups excluding tert-OH is 1. The van der Waals surface area contributed by atoms with Gasteiger partial charge in [0.2, 0.25) is 5.91 Å². The number of anilines is 1. The number of carbonyl (C=O) groups is 1. The summed E-state index contributed by atoms with van der Waals surface area (Å²) in [6.07, 6.45) is 4.29. The Balaban J connectivity index is 1.71. The second-order valence-electron chi connectivity index (χ2n) is 5.68.